The molecule has 0 aliphatic rings. The third kappa shape index (κ3) is 5.84. The third-order valence-electron chi connectivity index (χ3n) is 5.31. The van der Waals surface area contributed by atoms with Crippen LogP contribution >= 0.6 is 11.3 Å². The number of anilines is 1. The van der Waals surface area contributed by atoms with Crippen molar-refractivity contribution in [1.82, 2.24) is 30.2 Å². The van der Waals surface area contributed by atoms with E-state index in [1.165, 1.54) is 17.5 Å². The summed E-state index contributed by atoms with van der Waals surface area (Å²) in [7, 11) is 0. The Morgan fingerprint density at radius 1 is 1.11 bits per heavy atom. The molecule has 36 heavy (non-hydrogen) atoms. The number of hydrogen-bond donors (Lipinski definition) is 2. The standard InChI is InChI=1S/C24H23N7O4S/c32-11-3-9-31(10-4-12-33)21-19-17(22(34)26-8-6-16-13-27-24(35)28-14-16)15-36-23(19)30-20(29-21)18-5-1-2-7-25-18/h1-2,5,7,11-15H,3-4,6,8-10H2,(H,26,34)(H,27,28,35). The molecule has 0 spiro atoms. The maximum atomic E-state index is 13.1. The van der Waals surface area contributed by atoms with Crippen molar-refractivity contribution in [3.8, 4) is 11.5 Å². The molecule has 0 aliphatic heterocycles. The molecule has 4 rings (SSSR count). The lowest BCUT2D eigenvalue weighted by atomic mass is 10.1. The van der Waals surface area contributed by atoms with Crippen LogP contribution in [0.3, 0.4) is 0 Å². The van der Waals surface area contributed by atoms with Crippen LogP contribution < -0.4 is 15.9 Å². The number of carbonyl (C=O) groups excluding carboxylic acids is 3. The number of pyridine rings is 1. The van der Waals surface area contributed by atoms with Gasteiger partial charge in [0.1, 0.15) is 28.9 Å². The molecule has 12 heteroatoms. The summed E-state index contributed by atoms with van der Waals surface area (Å²) in [6.45, 7) is 0.995. The van der Waals surface area contributed by atoms with E-state index in [9.17, 15) is 19.2 Å². The average Bonchev–Trinajstić information content (AvgIpc) is 3.34. The first-order valence-corrected chi connectivity index (χ1v) is 12.1. The number of aldehydes is 2. The van der Waals surface area contributed by atoms with Crippen molar-refractivity contribution in [3.05, 3.63) is 63.8 Å². The highest BCUT2D eigenvalue weighted by atomic mass is 32.1. The number of nitrogens with zero attached hydrogens (tertiary/aromatic N) is 5. The predicted molar refractivity (Wildman–Crippen MR) is 135 cm³/mol. The normalized spacial score (nSPS) is 10.8. The second kappa shape index (κ2) is 11.9. The van der Waals surface area contributed by atoms with Gasteiger partial charge in [-0.2, -0.15) is 0 Å². The van der Waals surface area contributed by atoms with Crippen LogP contribution in [0.4, 0.5) is 5.82 Å². The highest BCUT2D eigenvalue weighted by Gasteiger charge is 2.23. The number of H-pyrrole nitrogens is 1. The van der Waals surface area contributed by atoms with Gasteiger partial charge in [0.25, 0.3) is 5.91 Å². The number of aromatic nitrogens is 5. The maximum absolute atomic E-state index is 13.1. The highest BCUT2D eigenvalue weighted by Crippen LogP contribution is 2.34. The Morgan fingerprint density at radius 2 is 1.92 bits per heavy atom. The van der Waals surface area contributed by atoms with E-state index in [0.29, 0.717) is 59.2 Å². The van der Waals surface area contributed by atoms with Gasteiger partial charge in [0, 0.05) is 56.4 Å². The van der Waals surface area contributed by atoms with Crippen LogP contribution in [0.5, 0.6) is 0 Å². The second-order valence-corrected chi connectivity index (χ2v) is 8.60. The van der Waals surface area contributed by atoms with Crippen LogP contribution in [0.25, 0.3) is 21.7 Å². The van der Waals surface area contributed by atoms with Gasteiger partial charge in [-0.05, 0) is 24.1 Å². The number of amides is 1. The van der Waals surface area contributed by atoms with E-state index in [1.54, 1.807) is 29.9 Å². The lowest BCUT2D eigenvalue weighted by Crippen LogP contribution is -2.29. The molecular weight excluding hydrogens is 482 g/mol. The number of thiophene rings is 1. The van der Waals surface area contributed by atoms with E-state index in [4.69, 9.17) is 4.98 Å². The van der Waals surface area contributed by atoms with Gasteiger partial charge in [0.15, 0.2) is 5.82 Å². The van der Waals surface area contributed by atoms with Crippen molar-refractivity contribution >= 4 is 45.9 Å². The molecule has 2 N–H and O–H groups in total. The van der Waals surface area contributed by atoms with Gasteiger partial charge in [0.2, 0.25) is 0 Å². The highest BCUT2D eigenvalue weighted by molar-refractivity contribution is 7.17. The van der Waals surface area contributed by atoms with Crippen LogP contribution in [0, 0.1) is 0 Å². The SMILES string of the molecule is O=CCCN(CCC=O)c1nc(-c2ccccn2)nc2scc(C(=O)NCCc3cnc(=O)[nH]c3)c12. The minimum Gasteiger partial charge on any atom is -0.355 e. The first-order valence-electron chi connectivity index (χ1n) is 11.3. The fourth-order valence-corrected chi connectivity index (χ4v) is 4.51. The molecule has 1 amide bonds. The maximum Gasteiger partial charge on any atom is 0.344 e. The van der Waals surface area contributed by atoms with Crippen molar-refractivity contribution in [3.63, 3.8) is 0 Å². The summed E-state index contributed by atoms with van der Waals surface area (Å²) in [6, 6.07) is 5.41. The average molecular weight is 506 g/mol. The van der Waals surface area contributed by atoms with Crippen LogP contribution in [0.1, 0.15) is 28.8 Å². The van der Waals surface area contributed by atoms with Crippen LogP contribution in [0.2, 0.25) is 0 Å². The monoisotopic (exact) mass is 505 g/mol. The van der Waals surface area contributed by atoms with Gasteiger partial charge in [-0.3, -0.25) is 9.78 Å². The zero-order chi connectivity index (χ0) is 25.3. The third-order valence-corrected chi connectivity index (χ3v) is 6.19. The van der Waals surface area contributed by atoms with Crippen LogP contribution in [-0.4, -0.2) is 63.0 Å². The van der Waals surface area contributed by atoms with Gasteiger partial charge >= 0.3 is 5.69 Å². The van der Waals surface area contributed by atoms with Gasteiger partial charge in [-0.25, -0.2) is 19.7 Å². The molecule has 0 aromatic carbocycles. The summed E-state index contributed by atoms with van der Waals surface area (Å²) in [6.07, 6.45) is 7.24. The molecule has 0 saturated heterocycles. The smallest absolute Gasteiger partial charge is 0.344 e. The molecule has 4 heterocycles. The summed E-state index contributed by atoms with van der Waals surface area (Å²) in [4.78, 5) is 68.8. The largest absolute Gasteiger partial charge is 0.355 e. The molecular formula is C24H23N7O4S. The Hall–Kier alpha value is -4.32. The fourth-order valence-electron chi connectivity index (χ4n) is 3.59. The zero-order valence-corrected chi connectivity index (χ0v) is 20.0. The van der Waals surface area contributed by atoms with Crippen LogP contribution in [0.15, 0.2) is 47.0 Å². The second-order valence-electron chi connectivity index (χ2n) is 7.75. The van der Waals surface area contributed by atoms with Crippen molar-refractivity contribution in [2.75, 3.05) is 24.5 Å². The number of carbonyl (C=O) groups is 3. The van der Waals surface area contributed by atoms with Crippen molar-refractivity contribution in [2.45, 2.75) is 19.3 Å². The van der Waals surface area contributed by atoms with Crippen molar-refractivity contribution in [2.24, 2.45) is 0 Å². The number of nitrogens with one attached hydrogen (secondary N) is 2. The summed E-state index contributed by atoms with van der Waals surface area (Å²) in [5.74, 6) is 0.556. The van der Waals surface area contributed by atoms with Crippen molar-refractivity contribution < 1.29 is 14.4 Å². The minimum absolute atomic E-state index is 0.238. The van der Waals surface area contributed by atoms with Gasteiger partial charge < -0.3 is 24.8 Å². The molecule has 0 aliphatic carbocycles. The lowest BCUT2D eigenvalue weighted by Gasteiger charge is -2.23. The summed E-state index contributed by atoms with van der Waals surface area (Å²) in [5, 5.41) is 5.17. The lowest BCUT2D eigenvalue weighted by molar-refractivity contribution is -0.108. The molecule has 0 fully saturated rings. The molecule has 0 saturated carbocycles. The van der Waals surface area contributed by atoms with Gasteiger partial charge in [-0.1, -0.05) is 6.07 Å². The number of hydrogen-bond acceptors (Lipinski definition) is 10. The van der Waals surface area contributed by atoms with Crippen molar-refractivity contribution in [1.29, 1.82) is 0 Å². The van der Waals surface area contributed by atoms with Crippen LogP contribution in [-0.2, 0) is 16.0 Å². The number of fused-ring (bicyclic) bond motifs is 1. The molecule has 4 aromatic rings. The summed E-state index contributed by atoms with van der Waals surface area (Å²) >= 11 is 1.31. The zero-order valence-electron chi connectivity index (χ0n) is 19.2. The Balaban J connectivity index is 1.69. The molecule has 0 bridgehead atoms. The topological polar surface area (TPSA) is 151 Å². The number of aromatic amines is 1. The molecule has 0 atom stereocenters. The molecule has 184 valence electrons. The Labute approximate surface area is 209 Å². The number of rotatable bonds is 12. The fraction of sp³-hybridized carbons (Fsp3) is 0.250. The minimum atomic E-state index is -0.432. The molecule has 0 radical (unpaired) electrons. The first kappa shape index (κ1) is 24.8. The Kier molecular flexibility index (Phi) is 8.19. The van der Waals surface area contributed by atoms with E-state index in [2.05, 4.69) is 25.3 Å². The van der Waals surface area contributed by atoms with E-state index in [-0.39, 0.29) is 18.7 Å². The van der Waals surface area contributed by atoms with E-state index < -0.39 is 5.69 Å². The Morgan fingerprint density at radius 3 is 2.58 bits per heavy atom. The summed E-state index contributed by atoms with van der Waals surface area (Å²) < 4.78 is 0. The predicted octanol–water partition coefficient (Wildman–Crippen LogP) is 1.79. The van der Waals surface area contributed by atoms with E-state index in [1.807, 2.05) is 11.0 Å². The Bertz CT molecular complexity index is 1390. The summed E-state index contributed by atoms with van der Waals surface area (Å²) in [5.41, 5.74) is 1.32. The molecule has 11 nitrogen and oxygen atoms in total. The quantitative estimate of drug-likeness (QED) is 0.275. The molecule has 4 aromatic heterocycles. The van der Waals surface area contributed by atoms with E-state index in [0.717, 1.165) is 18.1 Å². The van der Waals surface area contributed by atoms with Gasteiger partial charge in [-0.15, -0.1) is 11.3 Å². The van der Waals surface area contributed by atoms with E-state index >= 15 is 0 Å². The molecule has 0 unspecified atom stereocenters. The van der Waals surface area contributed by atoms with Gasteiger partial charge in [0.05, 0.1) is 10.9 Å². The first-order chi connectivity index (χ1) is 17.6.